The quantitative estimate of drug-likeness (QED) is 0.148. The van der Waals surface area contributed by atoms with E-state index in [0.717, 1.165) is 28.8 Å². The Morgan fingerprint density at radius 1 is 0.492 bits per heavy atom. The first kappa shape index (κ1) is 39.2. The summed E-state index contributed by atoms with van der Waals surface area (Å²) in [6.07, 6.45) is 1.42. The van der Waals surface area contributed by atoms with Gasteiger partial charge in [0.05, 0.1) is 16.3 Å². The predicted molar refractivity (Wildman–Crippen MR) is 217 cm³/mol. The van der Waals surface area contributed by atoms with E-state index in [1.165, 1.54) is 43.1 Å². The molecular formula is C46H29F4N5O4. The molecule has 3 aromatic heterocycles. The van der Waals surface area contributed by atoms with Crippen molar-refractivity contribution in [3.63, 3.8) is 0 Å². The van der Waals surface area contributed by atoms with Crippen LogP contribution in [0.3, 0.4) is 0 Å². The molecule has 0 atom stereocenters. The van der Waals surface area contributed by atoms with Gasteiger partial charge in [0.1, 0.15) is 17.0 Å². The van der Waals surface area contributed by atoms with Crippen molar-refractivity contribution in [1.29, 1.82) is 0 Å². The molecule has 0 spiro atoms. The zero-order valence-corrected chi connectivity index (χ0v) is 31.4. The van der Waals surface area contributed by atoms with Crippen LogP contribution in [0.1, 0.15) is 27.8 Å². The summed E-state index contributed by atoms with van der Waals surface area (Å²) >= 11 is 0. The second kappa shape index (κ2) is 16.2. The summed E-state index contributed by atoms with van der Waals surface area (Å²) < 4.78 is 62.6. The SMILES string of the molecule is Cc1cccc2c(=O)n(-c3c(F)cc(C#Cc4ccccc4)cc3F)c(=O)n(C)c12.Cn1c(=O)n(-c2c(F)cc(C#Cc3ccccc3)cc2F)c(=O)c2cccnc21. The number of rotatable bonds is 2. The van der Waals surface area contributed by atoms with E-state index < -0.39 is 57.1 Å². The molecule has 5 aromatic carbocycles. The van der Waals surface area contributed by atoms with Gasteiger partial charge in [-0.1, -0.05) is 72.2 Å². The molecule has 0 saturated heterocycles. The molecule has 0 fully saturated rings. The van der Waals surface area contributed by atoms with Crippen LogP contribution in [0.2, 0.25) is 0 Å². The number of benzene rings is 5. The molecule has 3 heterocycles. The van der Waals surface area contributed by atoms with Crippen molar-refractivity contribution in [3.05, 3.63) is 214 Å². The molecule has 9 nitrogen and oxygen atoms in total. The maximum atomic E-state index is 14.9. The number of pyridine rings is 1. The minimum Gasteiger partial charge on any atom is -0.296 e. The Hall–Kier alpha value is -8.03. The molecule has 0 N–H and O–H groups in total. The summed E-state index contributed by atoms with van der Waals surface area (Å²) in [5.74, 6) is 6.79. The highest BCUT2D eigenvalue weighted by Crippen LogP contribution is 2.21. The molecule has 0 aliphatic heterocycles. The molecule has 8 aromatic rings. The second-order valence-electron chi connectivity index (χ2n) is 13.1. The monoisotopic (exact) mass is 791 g/mol. The number of nitrogens with zero attached hydrogens (tertiary/aromatic N) is 5. The second-order valence-corrected chi connectivity index (χ2v) is 13.1. The first-order valence-corrected chi connectivity index (χ1v) is 17.8. The largest absolute Gasteiger partial charge is 0.337 e. The van der Waals surface area contributed by atoms with Gasteiger partial charge in [0.15, 0.2) is 23.3 Å². The number of halogens is 4. The van der Waals surface area contributed by atoms with Gasteiger partial charge in [-0.15, -0.1) is 0 Å². The average Bonchev–Trinajstić information content (AvgIpc) is 3.23. The molecule has 290 valence electrons. The summed E-state index contributed by atoms with van der Waals surface area (Å²) in [4.78, 5) is 55.1. The van der Waals surface area contributed by atoms with Gasteiger partial charge in [-0.25, -0.2) is 41.3 Å². The van der Waals surface area contributed by atoms with Gasteiger partial charge >= 0.3 is 11.4 Å². The van der Waals surface area contributed by atoms with Crippen LogP contribution in [0.5, 0.6) is 0 Å². The lowest BCUT2D eigenvalue weighted by Gasteiger charge is -2.13. The van der Waals surface area contributed by atoms with Crippen molar-refractivity contribution in [1.82, 2.24) is 23.3 Å². The maximum absolute atomic E-state index is 14.9. The van der Waals surface area contributed by atoms with Gasteiger partial charge in [-0.3, -0.25) is 18.7 Å². The number of aromatic nitrogens is 5. The van der Waals surface area contributed by atoms with Crippen LogP contribution in [0.25, 0.3) is 33.3 Å². The molecule has 8 rings (SSSR count). The van der Waals surface area contributed by atoms with E-state index in [-0.39, 0.29) is 27.5 Å². The number of hydrogen-bond donors (Lipinski definition) is 0. The number of fused-ring (bicyclic) bond motifs is 2. The first-order valence-electron chi connectivity index (χ1n) is 17.8. The third-order valence-electron chi connectivity index (χ3n) is 9.23. The Balaban J connectivity index is 0.000000179. The standard InChI is InChI=1S/C24H16F2N2O2.C22H13F2N3O2/c1-15-7-6-10-18-21(15)27(2)24(30)28(23(18)29)22-19(25)13-17(14-20(22)26)12-11-16-8-4-3-5-9-16;1-26-20-16(8-5-11-25-20)21(28)27(22(26)29)19-17(23)12-15(13-18(19)24)10-9-14-6-3-2-4-7-14/h3-10,13-14H,1-2H3;2-8,11-13H,1H3. The summed E-state index contributed by atoms with van der Waals surface area (Å²) in [5.41, 5.74) is -2.00. The average molecular weight is 792 g/mol. The number of hydrogen-bond acceptors (Lipinski definition) is 5. The van der Waals surface area contributed by atoms with Gasteiger partial charge in [0.25, 0.3) is 11.1 Å². The topological polar surface area (TPSA) is 101 Å². The van der Waals surface area contributed by atoms with Crippen molar-refractivity contribution in [3.8, 4) is 35.1 Å². The molecule has 0 unspecified atom stereocenters. The van der Waals surface area contributed by atoms with E-state index in [2.05, 4.69) is 28.7 Å². The zero-order valence-electron chi connectivity index (χ0n) is 31.4. The zero-order chi connectivity index (χ0) is 42.0. The fourth-order valence-electron chi connectivity index (χ4n) is 6.44. The molecule has 0 amide bonds. The number of aryl methyl sites for hydroxylation is 3. The van der Waals surface area contributed by atoms with Gasteiger partial charge in [-0.05, 0) is 79.2 Å². The summed E-state index contributed by atoms with van der Waals surface area (Å²) in [7, 11) is 2.84. The normalized spacial score (nSPS) is 10.6. The smallest absolute Gasteiger partial charge is 0.296 e. The molecule has 0 aliphatic carbocycles. The first-order chi connectivity index (χ1) is 28.3. The van der Waals surface area contributed by atoms with Crippen molar-refractivity contribution in [2.75, 3.05) is 0 Å². The molecule has 0 bridgehead atoms. The van der Waals surface area contributed by atoms with Gasteiger partial charge in [0.2, 0.25) is 0 Å². The predicted octanol–water partition coefficient (Wildman–Crippen LogP) is 6.44. The fraction of sp³-hybridized carbons (Fsp3) is 0.0652. The van der Waals surface area contributed by atoms with E-state index in [4.69, 9.17) is 0 Å². The molecule has 13 heteroatoms. The van der Waals surface area contributed by atoms with Crippen LogP contribution in [0.15, 0.2) is 141 Å². The summed E-state index contributed by atoms with van der Waals surface area (Å²) in [6.45, 7) is 1.76. The van der Waals surface area contributed by atoms with Crippen LogP contribution < -0.4 is 22.5 Å². The van der Waals surface area contributed by atoms with Crippen LogP contribution >= 0.6 is 0 Å². The van der Waals surface area contributed by atoms with E-state index in [0.29, 0.717) is 31.3 Å². The molecule has 0 aliphatic rings. The molecule has 59 heavy (non-hydrogen) atoms. The Morgan fingerprint density at radius 3 is 1.41 bits per heavy atom. The lowest BCUT2D eigenvalue weighted by atomic mass is 10.1. The van der Waals surface area contributed by atoms with Crippen LogP contribution in [-0.2, 0) is 14.1 Å². The molecular weight excluding hydrogens is 763 g/mol. The third kappa shape index (κ3) is 7.60. The van der Waals surface area contributed by atoms with Crippen LogP contribution in [0, 0.1) is 53.9 Å². The van der Waals surface area contributed by atoms with Gasteiger partial charge < -0.3 is 0 Å². The highest BCUT2D eigenvalue weighted by Gasteiger charge is 2.22. The van der Waals surface area contributed by atoms with E-state index in [9.17, 15) is 36.7 Å². The van der Waals surface area contributed by atoms with Gasteiger partial charge in [0, 0.05) is 42.5 Å². The highest BCUT2D eigenvalue weighted by atomic mass is 19.1. The van der Waals surface area contributed by atoms with Crippen LogP contribution in [-0.4, -0.2) is 23.3 Å². The highest BCUT2D eigenvalue weighted by molar-refractivity contribution is 5.81. The number of para-hydroxylation sites is 1. The fourth-order valence-corrected chi connectivity index (χ4v) is 6.44. The Bertz CT molecular complexity index is 3310. The van der Waals surface area contributed by atoms with Crippen molar-refractivity contribution >= 4 is 21.9 Å². The summed E-state index contributed by atoms with van der Waals surface area (Å²) in [5, 5.41) is 0.269. The Kier molecular flexibility index (Phi) is 10.8. The maximum Gasteiger partial charge on any atom is 0.337 e. The Labute approximate surface area is 332 Å². The lowest BCUT2D eigenvalue weighted by Crippen LogP contribution is -2.39. The minimum absolute atomic E-state index is 0.0707. The summed E-state index contributed by atoms with van der Waals surface area (Å²) in [6, 6.07) is 29.8. The third-order valence-corrected chi connectivity index (χ3v) is 9.23. The van der Waals surface area contributed by atoms with E-state index >= 15 is 0 Å². The van der Waals surface area contributed by atoms with Crippen molar-refractivity contribution in [2.45, 2.75) is 6.92 Å². The lowest BCUT2D eigenvalue weighted by molar-refractivity contribution is 0.558. The van der Waals surface area contributed by atoms with E-state index in [1.807, 2.05) is 12.1 Å². The van der Waals surface area contributed by atoms with Crippen molar-refractivity contribution in [2.24, 2.45) is 14.1 Å². The van der Waals surface area contributed by atoms with Gasteiger partial charge in [-0.2, -0.15) is 0 Å². The Morgan fingerprint density at radius 2 is 0.915 bits per heavy atom. The molecule has 0 saturated carbocycles. The van der Waals surface area contributed by atoms with Crippen LogP contribution in [0.4, 0.5) is 17.6 Å². The van der Waals surface area contributed by atoms with Crippen molar-refractivity contribution < 1.29 is 17.6 Å². The van der Waals surface area contributed by atoms with E-state index in [1.54, 1.807) is 67.6 Å². The molecule has 0 radical (unpaired) electrons. The minimum atomic E-state index is -1.06.